The fraction of sp³-hybridized carbons (Fsp3) is 0.375. The van der Waals surface area contributed by atoms with Crippen molar-refractivity contribution in [1.82, 2.24) is 9.80 Å². The Morgan fingerprint density at radius 3 is 2.30 bits per heavy atom. The van der Waals surface area contributed by atoms with E-state index in [1.165, 1.54) is 4.90 Å². The van der Waals surface area contributed by atoms with Crippen LogP contribution in [-0.4, -0.2) is 58.2 Å². The van der Waals surface area contributed by atoms with E-state index in [-0.39, 0.29) is 13.1 Å². The monoisotopic (exact) mass is 316 g/mol. The highest BCUT2D eigenvalue weighted by molar-refractivity contribution is 6.22. The van der Waals surface area contributed by atoms with Crippen molar-refractivity contribution in [3.05, 3.63) is 35.4 Å². The lowest BCUT2D eigenvalue weighted by molar-refractivity contribution is -0.145. The average Bonchev–Trinajstić information content (AvgIpc) is 2.80. The number of aliphatic carboxylic acids is 1. The van der Waals surface area contributed by atoms with Gasteiger partial charge < -0.3 is 10.0 Å². The van der Waals surface area contributed by atoms with Gasteiger partial charge in [0.15, 0.2) is 0 Å². The van der Waals surface area contributed by atoms with Crippen LogP contribution in [-0.2, 0) is 9.59 Å². The molecule has 0 radical (unpaired) electrons. The smallest absolute Gasteiger partial charge is 0.308 e. The summed E-state index contributed by atoms with van der Waals surface area (Å²) in [7, 11) is 0. The number of imide groups is 1. The van der Waals surface area contributed by atoms with Crippen molar-refractivity contribution in [1.29, 1.82) is 0 Å². The van der Waals surface area contributed by atoms with E-state index >= 15 is 0 Å². The molecule has 1 fully saturated rings. The number of carboxylic acids is 1. The summed E-state index contributed by atoms with van der Waals surface area (Å²) in [6.07, 6.45) is 1.14. The van der Waals surface area contributed by atoms with E-state index < -0.39 is 29.6 Å². The second-order valence-electron chi connectivity index (χ2n) is 5.76. The average molecular weight is 316 g/mol. The molecule has 1 saturated heterocycles. The van der Waals surface area contributed by atoms with Crippen molar-refractivity contribution in [2.24, 2.45) is 5.92 Å². The zero-order valence-corrected chi connectivity index (χ0v) is 12.4. The Morgan fingerprint density at radius 1 is 1.13 bits per heavy atom. The van der Waals surface area contributed by atoms with E-state index in [4.69, 9.17) is 5.11 Å². The molecule has 1 aromatic rings. The number of hydrogen-bond donors (Lipinski definition) is 1. The Kier molecular flexibility index (Phi) is 3.85. The molecule has 0 saturated carbocycles. The summed E-state index contributed by atoms with van der Waals surface area (Å²) >= 11 is 0. The topological polar surface area (TPSA) is 95.0 Å². The first-order chi connectivity index (χ1) is 11.0. The molecule has 2 heterocycles. The molecule has 3 rings (SSSR count). The maximum absolute atomic E-state index is 12.4. The highest BCUT2D eigenvalue weighted by Gasteiger charge is 2.38. The number of rotatable bonds is 3. The number of hydrogen-bond acceptors (Lipinski definition) is 4. The zero-order chi connectivity index (χ0) is 16.6. The summed E-state index contributed by atoms with van der Waals surface area (Å²) in [6, 6.07) is 6.44. The molecule has 120 valence electrons. The van der Waals surface area contributed by atoms with Gasteiger partial charge in [0.25, 0.3) is 11.8 Å². The van der Waals surface area contributed by atoms with Gasteiger partial charge in [-0.1, -0.05) is 12.1 Å². The van der Waals surface area contributed by atoms with Gasteiger partial charge in [0.2, 0.25) is 5.91 Å². The molecule has 1 atom stereocenters. The van der Waals surface area contributed by atoms with Gasteiger partial charge in [-0.25, -0.2) is 0 Å². The number of benzene rings is 1. The minimum Gasteiger partial charge on any atom is -0.481 e. The summed E-state index contributed by atoms with van der Waals surface area (Å²) in [5.74, 6) is -2.87. The van der Waals surface area contributed by atoms with Crippen LogP contribution in [0.1, 0.15) is 33.6 Å². The number of carbonyl (C=O) groups excluding carboxylic acids is 3. The molecule has 1 unspecified atom stereocenters. The Labute approximate surface area is 132 Å². The Bertz CT molecular complexity index is 664. The van der Waals surface area contributed by atoms with Crippen LogP contribution in [0.4, 0.5) is 0 Å². The van der Waals surface area contributed by atoms with E-state index in [1.807, 2.05) is 0 Å². The number of fused-ring (bicyclic) bond motifs is 1. The third-order valence-corrected chi connectivity index (χ3v) is 4.29. The van der Waals surface area contributed by atoms with Gasteiger partial charge in [0, 0.05) is 13.1 Å². The third-order valence-electron chi connectivity index (χ3n) is 4.29. The molecule has 1 aromatic carbocycles. The molecule has 0 spiro atoms. The van der Waals surface area contributed by atoms with E-state index in [1.54, 1.807) is 24.3 Å². The molecule has 23 heavy (non-hydrogen) atoms. The lowest BCUT2D eigenvalue weighted by Gasteiger charge is -2.31. The second-order valence-corrected chi connectivity index (χ2v) is 5.76. The van der Waals surface area contributed by atoms with Gasteiger partial charge in [-0.05, 0) is 25.0 Å². The first kappa shape index (κ1) is 15.2. The lowest BCUT2D eigenvalue weighted by Crippen LogP contribution is -2.47. The fourth-order valence-electron chi connectivity index (χ4n) is 3.02. The van der Waals surface area contributed by atoms with Gasteiger partial charge in [0.1, 0.15) is 6.54 Å². The zero-order valence-electron chi connectivity index (χ0n) is 12.4. The molecule has 2 aliphatic heterocycles. The lowest BCUT2D eigenvalue weighted by atomic mass is 9.98. The van der Waals surface area contributed by atoms with Crippen LogP contribution in [0.5, 0.6) is 0 Å². The minimum absolute atomic E-state index is 0.122. The van der Waals surface area contributed by atoms with E-state index in [0.717, 1.165) is 4.90 Å². The number of piperidine rings is 1. The first-order valence-corrected chi connectivity index (χ1v) is 7.45. The molecule has 0 aliphatic carbocycles. The van der Waals surface area contributed by atoms with Gasteiger partial charge >= 0.3 is 5.97 Å². The Balaban J connectivity index is 1.71. The summed E-state index contributed by atoms with van der Waals surface area (Å²) in [6.45, 7) is 0.224. The van der Waals surface area contributed by atoms with Crippen molar-refractivity contribution >= 4 is 23.7 Å². The van der Waals surface area contributed by atoms with Gasteiger partial charge in [0.05, 0.1) is 17.0 Å². The molecule has 1 N–H and O–H groups in total. The minimum atomic E-state index is -0.928. The van der Waals surface area contributed by atoms with Crippen LogP contribution in [0.15, 0.2) is 24.3 Å². The van der Waals surface area contributed by atoms with Gasteiger partial charge in [-0.15, -0.1) is 0 Å². The largest absolute Gasteiger partial charge is 0.481 e. The number of nitrogens with zero attached hydrogens (tertiary/aromatic N) is 2. The number of carbonyl (C=O) groups is 4. The van der Waals surface area contributed by atoms with Crippen LogP contribution >= 0.6 is 0 Å². The van der Waals surface area contributed by atoms with E-state index in [9.17, 15) is 19.2 Å². The second kappa shape index (κ2) is 5.83. The Hall–Kier alpha value is -2.70. The van der Waals surface area contributed by atoms with Gasteiger partial charge in [-0.2, -0.15) is 0 Å². The van der Waals surface area contributed by atoms with Crippen LogP contribution in [0, 0.1) is 5.92 Å². The molecule has 3 amide bonds. The van der Waals surface area contributed by atoms with E-state index in [2.05, 4.69) is 0 Å². The first-order valence-electron chi connectivity index (χ1n) is 7.45. The molecule has 7 heteroatoms. The maximum Gasteiger partial charge on any atom is 0.308 e. The normalized spacial score (nSPS) is 20.6. The molecule has 2 aliphatic rings. The predicted molar refractivity (Wildman–Crippen MR) is 78.7 cm³/mol. The molecule has 0 bridgehead atoms. The van der Waals surface area contributed by atoms with Crippen molar-refractivity contribution in [3.63, 3.8) is 0 Å². The van der Waals surface area contributed by atoms with E-state index in [0.29, 0.717) is 30.5 Å². The number of likely N-dealkylation sites (tertiary alicyclic amines) is 1. The summed E-state index contributed by atoms with van der Waals surface area (Å²) in [4.78, 5) is 50.2. The van der Waals surface area contributed by atoms with Gasteiger partial charge in [-0.3, -0.25) is 24.1 Å². The molecule has 7 nitrogen and oxygen atoms in total. The standard InChI is InChI=1S/C16H16N2O5/c19-13(17-7-3-4-10(8-17)16(22)23)9-18-14(20)11-5-1-2-6-12(11)15(18)21/h1-2,5-6,10H,3-4,7-9H2,(H,22,23). The van der Waals surface area contributed by atoms with Crippen molar-refractivity contribution < 1.29 is 24.3 Å². The van der Waals surface area contributed by atoms with Crippen molar-refractivity contribution in [3.8, 4) is 0 Å². The highest BCUT2D eigenvalue weighted by Crippen LogP contribution is 2.23. The quantitative estimate of drug-likeness (QED) is 0.824. The molecular weight excluding hydrogens is 300 g/mol. The van der Waals surface area contributed by atoms with Crippen molar-refractivity contribution in [2.75, 3.05) is 19.6 Å². The highest BCUT2D eigenvalue weighted by atomic mass is 16.4. The summed E-state index contributed by atoms with van der Waals surface area (Å²) < 4.78 is 0. The Morgan fingerprint density at radius 2 is 1.74 bits per heavy atom. The van der Waals surface area contributed by atoms with Crippen molar-refractivity contribution in [2.45, 2.75) is 12.8 Å². The molecular formula is C16H16N2O5. The SMILES string of the molecule is O=C(O)C1CCCN(C(=O)CN2C(=O)c3ccccc3C2=O)C1. The number of amides is 3. The molecule has 0 aromatic heterocycles. The number of carboxylic acid groups (broad SMARTS) is 1. The predicted octanol–water partition coefficient (Wildman–Crippen LogP) is 0.606. The van der Waals surface area contributed by atoms with Crippen LogP contribution < -0.4 is 0 Å². The maximum atomic E-state index is 12.4. The van der Waals surface area contributed by atoms with Crippen LogP contribution in [0.25, 0.3) is 0 Å². The van der Waals surface area contributed by atoms with Crippen LogP contribution in [0.2, 0.25) is 0 Å². The summed E-state index contributed by atoms with van der Waals surface area (Å²) in [5, 5.41) is 9.07. The fourth-order valence-corrected chi connectivity index (χ4v) is 3.02. The summed E-state index contributed by atoms with van der Waals surface area (Å²) in [5.41, 5.74) is 0.597. The third kappa shape index (κ3) is 2.69. The van der Waals surface area contributed by atoms with Crippen LogP contribution in [0.3, 0.4) is 0 Å².